The fraction of sp³-hybridized carbons (Fsp3) is 0.556. The number of thiazole rings is 1. The molecule has 1 aromatic rings. The summed E-state index contributed by atoms with van der Waals surface area (Å²) in [4.78, 5) is 6.59. The van der Waals surface area contributed by atoms with Crippen LogP contribution < -0.4 is 4.90 Å². The SMILES string of the molecule is N#CCc1csc(N2CCOCC2)n1. The van der Waals surface area contributed by atoms with Crippen molar-refractivity contribution < 1.29 is 4.74 Å². The number of nitriles is 1. The maximum absolute atomic E-state index is 8.52. The Morgan fingerprint density at radius 1 is 1.57 bits per heavy atom. The highest BCUT2D eigenvalue weighted by atomic mass is 32.1. The normalized spacial score (nSPS) is 16.6. The summed E-state index contributed by atoms with van der Waals surface area (Å²) in [6.45, 7) is 3.35. The Labute approximate surface area is 86.7 Å². The van der Waals surface area contributed by atoms with Crippen LogP contribution in [-0.2, 0) is 11.2 Å². The van der Waals surface area contributed by atoms with Gasteiger partial charge in [0.25, 0.3) is 0 Å². The lowest BCUT2D eigenvalue weighted by molar-refractivity contribution is 0.122. The van der Waals surface area contributed by atoms with E-state index < -0.39 is 0 Å². The van der Waals surface area contributed by atoms with E-state index in [1.54, 1.807) is 11.3 Å². The molecule has 1 aliphatic heterocycles. The van der Waals surface area contributed by atoms with Crippen molar-refractivity contribution in [2.75, 3.05) is 31.2 Å². The molecule has 1 aliphatic rings. The molecule has 0 bridgehead atoms. The summed E-state index contributed by atoms with van der Waals surface area (Å²) in [6.07, 6.45) is 0.404. The molecule has 1 saturated heterocycles. The lowest BCUT2D eigenvalue weighted by atomic mass is 10.4. The zero-order chi connectivity index (χ0) is 9.80. The summed E-state index contributed by atoms with van der Waals surface area (Å²) < 4.78 is 5.26. The molecule has 0 unspecified atom stereocenters. The maximum Gasteiger partial charge on any atom is 0.185 e. The number of aromatic nitrogens is 1. The smallest absolute Gasteiger partial charge is 0.185 e. The largest absolute Gasteiger partial charge is 0.378 e. The van der Waals surface area contributed by atoms with Gasteiger partial charge in [-0.2, -0.15) is 5.26 Å². The van der Waals surface area contributed by atoms with Crippen LogP contribution in [0.5, 0.6) is 0 Å². The Bertz CT molecular complexity index is 338. The third-order valence-electron chi connectivity index (χ3n) is 2.08. The van der Waals surface area contributed by atoms with E-state index in [4.69, 9.17) is 10.00 Å². The van der Waals surface area contributed by atoms with Crippen LogP contribution in [-0.4, -0.2) is 31.3 Å². The molecular formula is C9H11N3OS. The van der Waals surface area contributed by atoms with Gasteiger partial charge in [-0.05, 0) is 0 Å². The molecule has 4 nitrogen and oxygen atoms in total. The molecule has 74 valence electrons. The summed E-state index contributed by atoms with van der Waals surface area (Å²) in [5.74, 6) is 0. The summed E-state index contributed by atoms with van der Waals surface area (Å²) in [5, 5.41) is 11.5. The van der Waals surface area contributed by atoms with Gasteiger partial charge in [0.15, 0.2) is 5.13 Å². The van der Waals surface area contributed by atoms with Gasteiger partial charge in [-0.15, -0.1) is 11.3 Å². The molecule has 1 fully saturated rings. The van der Waals surface area contributed by atoms with E-state index in [2.05, 4.69) is 16.0 Å². The molecule has 2 heterocycles. The number of rotatable bonds is 2. The highest BCUT2D eigenvalue weighted by Gasteiger charge is 2.14. The monoisotopic (exact) mass is 209 g/mol. The summed E-state index contributed by atoms with van der Waals surface area (Å²) in [5.41, 5.74) is 0.874. The van der Waals surface area contributed by atoms with Crippen molar-refractivity contribution in [1.29, 1.82) is 5.26 Å². The second-order valence-electron chi connectivity index (χ2n) is 3.06. The Balaban J connectivity index is 2.04. The first-order valence-corrected chi connectivity index (χ1v) is 5.42. The predicted octanol–water partition coefficient (Wildman–Crippen LogP) is 1.05. The number of hydrogen-bond donors (Lipinski definition) is 0. The van der Waals surface area contributed by atoms with Gasteiger partial charge in [-0.3, -0.25) is 0 Å². The highest BCUT2D eigenvalue weighted by Crippen LogP contribution is 2.21. The van der Waals surface area contributed by atoms with Gasteiger partial charge in [0, 0.05) is 18.5 Å². The molecule has 0 aromatic carbocycles. The zero-order valence-corrected chi connectivity index (χ0v) is 8.59. The van der Waals surface area contributed by atoms with E-state index in [0.717, 1.165) is 37.1 Å². The first-order valence-electron chi connectivity index (χ1n) is 4.54. The average Bonchev–Trinajstić information content (AvgIpc) is 2.68. The first kappa shape index (κ1) is 9.44. The molecule has 0 saturated carbocycles. The molecule has 14 heavy (non-hydrogen) atoms. The van der Waals surface area contributed by atoms with Crippen LogP contribution in [0.3, 0.4) is 0 Å². The Kier molecular flexibility index (Phi) is 2.96. The fourth-order valence-corrected chi connectivity index (χ4v) is 2.24. The van der Waals surface area contributed by atoms with E-state index in [1.165, 1.54) is 0 Å². The minimum Gasteiger partial charge on any atom is -0.378 e. The van der Waals surface area contributed by atoms with E-state index in [1.807, 2.05) is 5.38 Å². The third-order valence-corrected chi connectivity index (χ3v) is 3.03. The summed E-state index contributed by atoms with van der Waals surface area (Å²) in [7, 11) is 0. The molecule has 1 aromatic heterocycles. The quantitative estimate of drug-likeness (QED) is 0.730. The van der Waals surface area contributed by atoms with Gasteiger partial charge in [0.2, 0.25) is 0 Å². The standard InChI is InChI=1S/C9H11N3OS/c10-2-1-8-7-14-9(11-8)12-3-5-13-6-4-12/h7H,1,3-6H2. The molecule has 0 amide bonds. The minimum absolute atomic E-state index is 0.404. The maximum atomic E-state index is 8.52. The van der Waals surface area contributed by atoms with Crippen LogP contribution >= 0.6 is 11.3 Å². The van der Waals surface area contributed by atoms with Gasteiger partial charge >= 0.3 is 0 Å². The second-order valence-corrected chi connectivity index (χ2v) is 3.89. The van der Waals surface area contributed by atoms with E-state index in [-0.39, 0.29) is 0 Å². The Hall–Kier alpha value is -1.12. The lowest BCUT2D eigenvalue weighted by Gasteiger charge is -2.25. The number of anilines is 1. The van der Waals surface area contributed by atoms with E-state index >= 15 is 0 Å². The van der Waals surface area contributed by atoms with Crippen molar-refractivity contribution in [3.63, 3.8) is 0 Å². The van der Waals surface area contributed by atoms with Crippen molar-refractivity contribution >= 4 is 16.5 Å². The van der Waals surface area contributed by atoms with Crippen molar-refractivity contribution in [2.45, 2.75) is 6.42 Å². The summed E-state index contributed by atoms with van der Waals surface area (Å²) in [6, 6.07) is 2.10. The Morgan fingerprint density at radius 3 is 3.07 bits per heavy atom. The van der Waals surface area contributed by atoms with Gasteiger partial charge in [-0.25, -0.2) is 4.98 Å². The number of ether oxygens (including phenoxy) is 1. The van der Waals surface area contributed by atoms with Crippen LogP contribution in [0.25, 0.3) is 0 Å². The van der Waals surface area contributed by atoms with Crippen molar-refractivity contribution in [3.8, 4) is 6.07 Å². The number of nitrogens with zero attached hydrogens (tertiary/aromatic N) is 3. The van der Waals surface area contributed by atoms with Crippen LogP contribution in [0.4, 0.5) is 5.13 Å². The van der Waals surface area contributed by atoms with Gasteiger partial charge in [0.05, 0.1) is 31.4 Å². The molecule has 0 aliphatic carbocycles. The van der Waals surface area contributed by atoms with Crippen molar-refractivity contribution in [1.82, 2.24) is 4.98 Å². The van der Waals surface area contributed by atoms with Crippen molar-refractivity contribution in [3.05, 3.63) is 11.1 Å². The molecule has 5 heteroatoms. The fourth-order valence-electron chi connectivity index (χ4n) is 1.36. The predicted molar refractivity (Wildman–Crippen MR) is 54.5 cm³/mol. The average molecular weight is 209 g/mol. The Morgan fingerprint density at radius 2 is 2.36 bits per heavy atom. The van der Waals surface area contributed by atoms with Gasteiger partial charge in [-0.1, -0.05) is 0 Å². The molecular weight excluding hydrogens is 198 g/mol. The lowest BCUT2D eigenvalue weighted by Crippen LogP contribution is -2.36. The second kappa shape index (κ2) is 4.40. The van der Waals surface area contributed by atoms with Crippen LogP contribution in [0.1, 0.15) is 5.69 Å². The summed E-state index contributed by atoms with van der Waals surface area (Å²) >= 11 is 1.60. The molecule has 0 atom stereocenters. The molecule has 0 N–H and O–H groups in total. The van der Waals surface area contributed by atoms with Crippen LogP contribution in [0, 0.1) is 11.3 Å². The van der Waals surface area contributed by atoms with E-state index in [0.29, 0.717) is 6.42 Å². The van der Waals surface area contributed by atoms with Crippen molar-refractivity contribution in [2.24, 2.45) is 0 Å². The first-order chi connectivity index (χ1) is 6.90. The highest BCUT2D eigenvalue weighted by molar-refractivity contribution is 7.13. The third kappa shape index (κ3) is 2.03. The van der Waals surface area contributed by atoms with Gasteiger partial charge < -0.3 is 9.64 Å². The molecule has 0 radical (unpaired) electrons. The van der Waals surface area contributed by atoms with Gasteiger partial charge in [0.1, 0.15) is 0 Å². The van der Waals surface area contributed by atoms with Crippen LogP contribution in [0.15, 0.2) is 5.38 Å². The number of hydrogen-bond acceptors (Lipinski definition) is 5. The number of morpholine rings is 1. The zero-order valence-electron chi connectivity index (χ0n) is 7.77. The molecule has 2 rings (SSSR count). The van der Waals surface area contributed by atoms with E-state index in [9.17, 15) is 0 Å². The topological polar surface area (TPSA) is 49.2 Å². The molecule has 0 spiro atoms. The van der Waals surface area contributed by atoms with Crippen LogP contribution in [0.2, 0.25) is 0 Å². The minimum atomic E-state index is 0.404.